The Hall–Kier alpha value is -3.00. The number of nitrogens with one attached hydrogen (secondary N) is 1. The number of para-hydroxylation sites is 1. The number of anilines is 1. The summed E-state index contributed by atoms with van der Waals surface area (Å²) in [4.78, 5) is 14.7. The molecule has 0 radical (unpaired) electrons. The van der Waals surface area contributed by atoms with E-state index in [4.69, 9.17) is 9.15 Å². The summed E-state index contributed by atoms with van der Waals surface area (Å²) >= 11 is 0. The van der Waals surface area contributed by atoms with E-state index in [1.54, 1.807) is 31.2 Å². The van der Waals surface area contributed by atoms with Crippen LogP contribution >= 0.6 is 0 Å². The predicted octanol–water partition coefficient (Wildman–Crippen LogP) is 3.80. The van der Waals surface area contributed by atoms with Crippen molar-refractivity contribution in [2.75, 3.05) is 24.6 Å². The van der Waals surface area contributed by atoms with Crippen LogP contribution in [0.15, 0.2) is 57.8 Å². The number of carbonyl (C=O) groups excluding carboxylic acids is 1. The highest BCUT2D eigenvalue weighted by atomic mass is 32.2. The number of amides is 1. The molecule has 8 heteroatoms. The first kappa shape index (κ1) is 20.3. The molecule has 30 heavy (non-hydrogen) atoms. The molecule has 2 heterocycles. The van der Waals surface area contributed by atoms with Gasteiger partial charge in [0.15, 0.2) is 5.76 Å². The lowest BCUT2D eigenvalue weighted by Crippen LogP contribution is -2.53. The van der Waals surface area contributed by atoms with Gasteiger partial charge < -0.3 is 14.1 Å². The van der Waals surface area contributed by atoms with Crippen molar-refractivity contribution in [3.8, 4) is 5.75 Å². The van der Waals surface area contributed by atoms with Gasteiger partial charge in [-0.25, -0.2) is 13.1 Å². The molecule has 4 rings (SSSR count). The number of benzene rings is 2. The van der Waals surface area contributed by atoms with Crippen molar-refractivity contribution < 1.29 is 22.4 Å². The number of hydrogen-bond donors (Lipinski definition) is 1. The van der Waals surface area contributed by atoms with E-state index < -0.39 is 15.9 Å². The summed E-state index contributed by atoms with van der Waals surface area (Å²) in [5.74, 6) is -0.709. The summed E-state index contributed by atoms with van der Waals surface area (Å²) in [5, 5.41) is 0.732. The Labute approximate surface area is 175 Å². The second-order valence-electron chi connectivity index (χ2n) is 8.17. The maximum absolute atomic E-state index is 12.7. The van der Waals surface area contributed by atoms with Gasteiger partial charge in [-0.05, 0) is 42.7 Å². The van der Waals surface area contributed by atoms with Crippen molar-refractivity contribution in [3.63, 3.8) is 0 Å². The zero-order chi connectivity index (χ0) is 21.5. The third kappa shape index (κ3) is 3.87. The molecule has 0 atom stereocenters. The van der Waals surface area contributed by atoms with Crippen LogP contribution in [0, 0.1) is 5.41 Å². The minimum Gasteiger partial charge on any atom is -0.492 e. The van der Waals surface area contributed by atoms with Gasteiger partial charge in [0.1, 0.15) is 16.2 Å². The van der Waals surface area contributed by atoms with Gasteiger partial charge in [-0.2, -0.15) is 0 Å². The van der Waals surface area contributed by atoms with E-state index in [9.17, 15) is 13.2 Å². The fourth-order valence-corrected chi connectivity index (χ4v) is 4.78. The van der Waals surface area contributed by atoms with E-state index in [1.807, 2.05) is 18.2 Å². The Morgan fingerprint density at radius 2 is 1.90 bits per heavy atom. The summed E-state index contributed by atoms with van der Waals surface area (Å²) in [6, 6.07) is 13.4. The van der Waals surface area contributed by atoms with Gasteiger partial charge in [-0.3, -0.25) is 4.79 Å². The summed E-state index contributed by atoms with van der Waals surface area (Å²) in [7, 11) is -4.12. The largest absolute Gasteiger partial charge is 0.492 e. The molecule has 1 N–H and O–H groups in total. The van der Waals surface area contributed by atoms with Crippen LogP contribution in [-0.2, 0) is 10.0 Å². The van der Waals surface area contributed by atoms with Crippen molar-refractivity contribution >= 4 is 32.6 Å². The predicted molar refractivity (Wildman–Crippen MR) is 114 cm³/mol. The van der Waals surface area contributed by atoms with Crippen molar-refractivity contribution in [3.05, 3.63) is 54.3 Å². The molecule has 1 fully saturated rings. The molecule has 2 aromatic carbocycles. The molecular formula is C22H24N2O5S. The van der Waals surface area contributed by atoms with Crippen LogP contribution in [0.25, 0.3) is 11.0 Å². The zero-order valence-electron chi connectivity index (χ0n) is 17.1. The maximum atomic E-state index is 12.7. The lowest BCUT2D eigenvalue weighted by molar-refractivity contribution is 0.0956. The maximum Gasteiger partial charge on any atom is 0.300 e. The lowest BCUT2D eigenvalue weighted by atomic mass is 9.84. The number of rotatable bonds is 6. The molecule has 0 unspecified atom stereocenters. The highest BCUT2D eigenvalue weighted by molar-refractivity contribution is 7.90. The van der Waals surface area contributed by atoms with Gasteiger partial charge in [0.25, 0.3) is 10.0 Å². The van der Waals surface area contributed by atoms with Gasteiger partial charge in [-0.15, -0.1) is 0 Å². The van der Waals surface area contributed by atoms with Crippen molar-refractivity contribution in [2.24, 2.45) is 5.41 Å². The second kappa shape index (κ2) is 7.36. The first-order chi connectivity index (χ1) is 14.2. The van der Waals surface area contributed by atoms with Crippen LogP contribution in [0.1, 0.15) is 31.3 Å². The Balaban J connectivity index is 1.56. The molecule has 3 aromatic rings. The SMILES string of the molecule is CCOc1ccccc1S(=O)(=O)NC(=O)c1cc2ccc(N3CC(C)(C)C3)cc2o1. The third-order valence-corrected chi connectivity index (χ3v) is 6.37. The quantitative estimate of drug-likeness (QED) is 0.643. The summed E-state index contributed by atoms with van der Waals surface area (Å²) in [6.07, 6.45) is 0. The number of carbonyl (C=O) groups is 1. The summed E-state index contributed by atoms with van der Waals surface area (Å²) in [5.41, 5.74) is 1.84. The van der Waals surface area contributed by atoms with E-state index in [-0.39, 0.29) is 21.8 Å². The zero-order valence-corrected chi connectivity index (χ0v) is 18.0. The summed E-state index contributed by atoms with van der Waals surface area (Å²) < 4.78 is 38.5. The van der Waals surface area contributed by atoms with Gasteiger partial charge in [0, 0.05) is 30.2 Å². The van der Waals surface area contributed by atoms with Crippen molar-refractivity contribution in [2.45, 2.75) is 25.7 Å². The second-order valence-corrected chi connectivity index (χ2v) is 9.82. The molecule has 1 aromatic heterocycles. The molecule has 0 bridgehead atoms. The average molecular weight is 429 g/mol. The van der Waals surface area contributed by atoms with E-state index in [0.29, 0.717) is 12.2 Å². The molecule has 0 aliphatic carbocycles. The minimum atomic E-state index is -4.12. The molecule has 1 amide bonds. The molecule has 158 valence electrons. The van der Waals surface area contributed by atoms with Gasteiger partial charge >= 0.3 is 5.91 Å². The molecule has 7 nitrogen and oxygen atoms in total. The van der Waals surface area contributed by atoms with Crippen LogP contribution in [0.5, 0.6) is 5.75 Å². The number of furan rings is 1. The monoisotopic (exact) mass is 428 g/mol. The van der Waals surface area contributed by atoms with E-state index in [0.717, 1.165) is 24.2 Å². The van der Waals surface area contributed by atoms with Crippen LogP contribution in [0.3, 0.4) is 0 Å². The Bertz CT molecular complexity index is 1210. The highest BCUT2D eigenvalue weighted by Crippen LogP contribution is 2.35. The molecule has 1 aliphatic heterocycles. The third-order valence-electron chi connectivity index (χ3n) is 5.00. The van der Waals surface area contributed by atoms with Gasteiger partial charge in [0.05, 0.1) is 6.61 Å². The minimum absolute atomic E-state index is 0.0662. The van der Waals surface area contributed by atoms with Crippen LogP contribution in [0.2, 0.25) is 0 Å². The van der Waals surface area contributed by atoms with Crippen LogP contribution in [0.4, 0.5) is 5.69 Å². The number of hydrogen-bond acceptors (Lipinski definition) is 6. The Kier molecular flexibility index (Phi) is 4.97. The number of nitrogens with zero attached hydrogens (tertiary/aromatic N) is 1. The Morgan fingerprint density at radius 1 is 1.17 bits per heavy atom. The average Bonchev–Trinajstić information content (AvgIpc) is 3.10. The Morgan fingerprint density at radius 3 is 2.60 bits per heavy atom. The van der Waals surface area contributed by atoms with Gasteiger partial charge in [-0.1, -0.05) is 26.0 Å². The highest BCUT2D eigenvalue weighted by Gasteiger charge is 2.34. The lowest BCUT2D eigenvalue weighted by Gasteiger charge is -2.47. The first-order valence-corrected chi connectivity index (χ1v) is 11.2. The van der Waals surface area contributed by atoms with E-state index in [2.05, 4.69) is 23.5 Å². The molecular weight excluding hydrogens is 404 g/mol. The molecule has 1 aliphatic rings. The fraction of sp³-hybridized carbons (Fsp3) is 0.318. The standard InChI is InChI=1S/C22H24N2O5S/c1-4-28-17-7-5-6-8-20(17)30(26,27)23-21(25)19-11-15-9-10-16(12-18(15)29-19)24-13-22(2,3)14-24/h5-12H,4,13-14H2,1-3H3,(H,23,25). The first-order valence-electron chi connectivity index (χ1n) is 9.76. The topological polar surface area (TPSA) is 88.8 Å². The van der Waals surface area contributed by atoms with Gasteiger partial charge in [0.2, 0.25) is 0 Å². The van der Waals surface area contributed by atoms with E-state index in [1.165, 1.54) is 6.07 Å². The number of sulfonamides is 1. The van der Waals surface area contributed by atoms with Crippen molar-refractivity contribution in [1.82, 2.24) is 4.72 Å². The normalized spacial score (nSPS) is 15.6. The molecule has 0 saturated carbocycles. The smallest absolute Gasteiger partial charge is 0.300 e. The van der Waals surface area contributed by atoms with E-state index >= 15 is 0 Å². The fourth-order valence-electron chi connectivity index (χ4n) is 3.67. The number of fused-ring (bicyclic) bond motifs is 1. The molecule has 0 spiro atoms. The van der Waals surface area contributed by atoms with Crippen molar-refractivity contribution in [1.29, 1.82) is 0 Å². The van der Waals surface area contributed by atoms with Crippen LogP contribution in [-0.4, -0.2) is 34.0 Å². The number of ether oxygens (including phenoxy) is 1. The summed E-state index contributed by atoms with van der Waals surface area (Å²) in [6.45, 7) is 8.38. The molecule has 1 saturated heterocycles. The van der Waals surface area contributed by atoms with Crippen LogP contribution < -0.4 is 14.4 Å².